The van der Waals surface area contributed by atoms with Gasteiger partial charge in [0.15, 0.2) is 0 Å². The standard InChI is InChI=1S/C16H20N4O/c1-2-4-13-11-14(19-18-13)16(21)20-10-3-5-15(20)12-6-8-17-9-7-12/h6-9,11,15H,2-5,10H2,1H3,(H,18,19). The van der Waals surface area contributed by atoms with E-state index in [1.165, 1.54) is 0 Å². The highest BCUT2D eigenvalue weighted by Gasteiger charge is 2.31. The lowest BCUT2D eigenvalue weighted by Crippen LogP contribution is -2.30. The van der Waals surface area contributed by atoms with Gasteiger partial charge < -0.3 is 4.90 Å². The van der Waals surface area contributed by atoms with Gasteiger partial charge in [0, 0.05) is 24.6 Å². The summed E-state index contributed by atoms with van der Waals surface area (Å²) in [6.45, 7) is 2.91. The zero-order valence-electron chi connectivity index (χ0n) is 12.2. The van der Waals surface area contributed by atoms with Crippen LogP contribution in [0.4, 0.5) is 0 Å². The van der Waals surface area contributed by atoms with Crippen LogP contribution in [-0.2, 0) is 6.42 Å². The molecule has 0 bridgehead atoms. The number of rotatable bonds is 4. The van der Waals surface area contributed by atoms with Crippen LogP contribution in [0.25, 0.3) is 0 Å². The molecule has 2 aromatic heterocycles. The number of likely N-dealkylation sites (tertiary alicyclic amines) is 1. The van der Waals surface area contributed by atoms with Gasteiger partial charge in [-0.15, -0.1) is 0 Å². The predicted octanol–water partition coefficient (Wildman–Crippen LogP) is 2.73. The monoisotopic (exact) mass is 284 g/mol. The van der Waals surface area contributed by atoms with E-state index in [1.807, 2.05) is 23.1 Å². The van der Waals surface area contributed by atoms with Gasteiger partial charge in [-0.2, -0.15) is 5.10 Å². The van der Waals surface area contributed by atoms with Crippen molar-refractivity contribution in [3.8, 4) is 0 Å². The number of carbonyl (C=O) groups is 1. The summed E-state index contributed by atoms with van der Waals surface area (Å²) >= 11 is 0. The predicted molar refractivity (Wildman–Crippen MR) is 79.8 cm³/mol. The van der Waals surface area contributed by atoms with Crippen LogP contribution in [0.5, 0.6) is 0 Å². The fourth-order valence-electron chi connectivity index (χ4n) is 2.96. The molecule has 110 valence electrons. The third-order valence-corrected chi connectivity index (χ3v) is 3.97. The van der Waals surface area contributed by atoms with Crippen LogP contribution in [0.3, 0.4) is 0 Å². The van der Waals surface area contributed by atoms with E-state index >= 15 is 0 Å². The molecule has 1 unspecified atom stereocenters. The number of aromatic nitrogens is 3. The first-order valence-electron chi connectivity index (χ1n) is 7.54. The molecule has 1 saturated heterocycles. The molecule has 0 radical (unpaired) electrons. The molecule has 0 aromatic carbocycles. The number of hydrogen-bond acceptors (Lipinski definition) is 3. The maximum absolute atomic E-state index is 12.7. The van der Waals surface area contributed by atoms with Crippen molar-refractivity contribution in [3.05, 3.63) is 47.5 Å². The molecule has 3 rings (SSSR count). The van der Waals surface area contributed by atoms with E-state index in [2.05, 4.69) is 22.1 Å². The topological polar surface area (TPSA) is 61.9 Å². The summed E-state index contributed by atoms with van der Waals surface area (Å²) in [6.07, 6.45) is 7.56. The summed E-state index contributed by atoms with van der Waals surface area (Å²) < 4.78 is 0. The summed E-state index contributed by atoms with van der Waals surface area (Å²) in [7, 11) is 0. The molecule has 1 aliphatic heterocycles. The molecule has 3 heterocycles. The highest BCUT2D eigenvalue weighted by molar-refractivity contribution is 5.92. The van der Waals surface area contributed by atoms with E-state index in [0.717, 1.165) is 43.5 Å². The van der Waals surface area contributed by atoms with Crippen LogP contribution < -0.4 is 0 Å². The molecule has 21 heavy (non-hydrogen) atoms. The first-order chi connectivity index (χ1) is 10.3. The Kier molecular flexibility index (Phi) is 3.99. The van der Waals surface area contributed by atoms with Crippen LogP contribution >= 0.6 is 0 Å². The van der Waals surface area contributed by atoms with Gasteiger partial charge >= 0.3 is 0 Å². The molecule has 2 aromatic rings. The number of carbonyl (C=O) groups excluding carboxylic acids is 1. The van der Waals surface area contributed by atoms with Crippen LogP contribution in [0.1, 0.15) is 54.0 Å². The van der Waals surface area contributed by atoms with Crippen molar-refractivity contribution in [3.63, 3.8) is 0 Å². The van der Waals surface area contributed by atoms with Crippen LogP contribution in [-0.4, -0.2) is 32.5 Å². The first-order valence-corrected chi connectivity index (χ1v) is 7.54. The van der Waals surface area contributed by atoms with Gasteiger partial charge in [0.25, 0.3) is 5.91 Å². The van der Waals surface area contributed by atoms with Crippen LogP contribution in [0.2, 0.25) is 0 Å². The van der Waals surface area contributed by atoms with Gasteiger partial charge in [0.05, 0.1) is 6.04 Å². The average molecular weight is 284 g/mol. The Bertz CT molecular complexity index is 608. The van der Waals surface area contributed by atoms with Gasteiger partial charge in [-0.25, -0.2) is 0 Å². The molecule has 0 spiro atoms. The number of pyridine rings is 1. The van der Waals surface area contributed by atoms with Crippen molar-refractivity contribution in [1.82, 2.24) is 20.1 Å². The summed E-state index contributed by atoms with van der Waals surface area (Å²) in [5.41, 5.74) is 2.71. The van der Waals surface area contributed by atoms with Crippen LogP contribution in [0.15, 0.2) is 30.6 Å². The largest absolute Gasteiger partial charge is 0.330 e. The second-order valence-electron chi connectivity index (χ2n) is 5.47. The smallest absolute Gasteiger partial charge is 0.274 e. The lowest BCUT2D eigenvalue weighted by Gasteiger charge is -2.24. The fourth-order valence-corrected chi connectivity index (χ4v) is 2.96. The zero-order chi connectivity index (χ0) is 14.7. The number of amides is 1. The summed E-state index contributed by atoms with van der Waals surface area (Å²) in [6, 6.07) is 6.01. The van der Waals surface area contributed by atoms with Gasteiger partial charge in [0.1, 0.15) is 5.69 Å². The lowest BCUT2D eigenvalue weighted by molar-refractivity contribution is 0.0729. The minimum atomic E-state index is 0.0212. The Hall–Kier alpha value is -2.17. The molecule has 1 N–H and O–H groups in total. The fraction of sp³-hybridized carbons (Fsp3) is 0.438. The van der Waals surface area contributed by atoms with Crippen molar-refractivity contribution in [2.24, 2.45) is 0 Å². The van der Waals surface area contributed by atoms with Crippen molar-refractivity contribution >= 4 is 5.91 Å². The number of H-pyrrole nitrogens is 1. The van der Waals surface area contributed by atoms with E-state index in [9.17, 15) is 4.79 Å². The van der Waals surface area contributed by atoms with Crippen molar-refractivity contribution in [2.75, 3.05) is 6.54 Å². The number of hydrogen-bond donors (Lipinski definition) is 1. The quantitative estimate of drug-likeness (QED) is 0.939. The molecule has 1 aliphatic rings. The lowest BCUT2D eigenvalue weighted by atomic mass is 10.1. The highest BCUT2D eigenvalue weighted by atomic mass is 16.2. The average Bonchev–Trinajstić information content (AvgIpc) is 3.17. The molecule has 1 fully saturated rings. The summed E-state index contributed by atoms with van der Waals surface area (Å²) in [5.74, 6) is 0.0212. The second kappa shape index (κ2) is 6.08. The SMILES string of the molecule is CCCc1cc(C(=O)N2CCCC2c2ccncc2)n[nH]1. The van der Waals surface area contributed by atoms with Gasteiger partial charge in [-0.1, -0.05) is 13.3 Å². The normalized spacial score (nSPS) is 18.1. The van der Waals surface area contributed by atoms with E-state index in [4.69, 9.17) is 0 Å². The Labute approximate surface area is 124 Å². The third-order valence-electron chi connectivity index (χ3n) is 3.97. The Morgan fingerprint density at radius 3 is 3.00 bits per heavy atom. The van der Waals surface area contributed by atoms with E-state index < -0.39 is 0 Å². The summed E-state index contributed by atoms with van der Waals surface area (Å²) in [5, 5.41) is 7.14. The number of aryl methyl sites for hydroxylation is 1. The van der Waals surface area contributed by atoms with E-state index in [-0.39, 0.29) is 11.9 Å². The van der Waals surface area contributed by atoms with Crippen molar-refractivity contribution in [2.45, 2.75) is 38.6 Å². The van der Waals surface area contributed by atoms with E-state index in [0.29, 0.717) is 5.69 Å². The second-order valence-corrected chi connectivity index (χ2v) is 5.47. The molecule has 0 aliphatic carbocycles. The molecule has 1 atom stereocenters. The number of nitrogens with one attached hydrogen (secondary N) is 1. The Balaban J connectivity index is 1.79. The first kappa shape index (κ1) is 13.8. The highest BCUT2D eigenvalue weighted by Crippen LogP contribution is 2.32. The van der Waals surface area contributed by atoms with Crippen molar-refractivity contribution < 1.29 is 4.79 Å². The number of nitrogens with zero attached hydrogens (tertiary/aromatic N) is 3. The molecule has 0 saturated carbocycles. The van der Waals surface area contributed by atoms with Crippen molar-refractivity contribution in [1.29, 1.82) is 0 Å². The molecule has 5 nitrogen and oxygen atoms in total. The maximum atomic E-state index is 12.7. The molecule has 1 amide bonds. The minimum absolute atomic E-state index is 0.0212. The van der Waals surface area contributed by atoms with Gasteiger partial charge in [-0.3, -0.25) is 14.9 Å². The Morgan fingerprint density at radius 2 is 2.24 bits per heavy atom. The maximum Gasteiger partial charge on any atom is 0.274 e. The number of aromatic amines is 1. The van der Waals surface area contributed by atoms with Gasteiger partial charge in [-0.05, 0) is 43.0 Å². The molecular weight excluding hydrogens is 264 g/mol. The Morgan fingerprint density at radius 1 is 1.43 bits per heavy atom. The van der Waals surface area contributed by atoms with Gasteiger partial charge in [0.2, 0.25) is 0 Å². The third kappa shape index (κ3) is 2.82. The van der Waals surface area contributed by atoms with E-state index in [1.54, 1.807) is 12.4 Å². The minimum Gasteiger partial charge on any atom is -0.330 e. The molecule has 5 heteroatoms. The summed E-state index contributed by atoms with van der Waals surface area (Å²) in [4.78, 5) is 18.7. The zero-order valence-corrected chi connectivity index (χ0v) is 12.2. The molecular formula is C16H20N4O. The van der Waals surface area contributed by atoms with Crippen LogP contribution in [0, 0.1) is 0 Å².